The fourth-order valence-electron chi connectivity index (χ4n) is 3.49. The Bertz CT molecular complexity index is 529. The Morgan fingerprint density at radius 1 is 1.17 bits per heavy atom. The molecule has 3 rings (SSSR count). The summed E-state index contributed by atoms with van der Waals surface area (Å²) in [6, 6.07) is 0. The van der Waals surface area contributed by atoms with Crippen molar-refractivity contribution in [2.24, 2.45) is 5.92 Å². The van der Waals surface area contributed by atoms with Crippen LogP contribution in [-0.4, -0.2) is 66.6 Å². The van der Waals surface area contributed by atoms with Gasteiger partial charge in [0.2, 0.25) is 5.76 Å². The van der Waals surface area contributed by atoms with Crippen molar-refractivity contribution in [3.05, 3.63) is 17.3 Å². The molecule has 0 unspecified atom stereocenters. The van der Waals surface area contributed by atoms with Gasteiger partial charge in [-0.3, -0.25) is 9.69 Å². The Kier molecular flexibility index (Phi) is 5.33. The molecule has 3 heterocycles. The summed E-state index contributed by atoms with van der Waals surface area (Å²) in [5.74, 6) is 1.69. The molecule has 2 aliphatic heterocycles. The number of morpholine rings is 1. The molecule has 0 spiro atoms. The molecule has 0 aromatic carbocycles. The average molecular weight is 321 g/mol. The fraction of sp³-hybridized carbons (Fsp3) is 0.765. The Morgan fingerprint density at radius 2 is 1.87 bits per heavy atom. The predicted octanol–water partition coefficient (Wildman–Crippen LogP) is 1.87. The molecule has 6 heteroatoms. The maximum absolute atomic E-state index is 12.5. The Labute approximate surface area is 137 Å². The molecular weight excluding hydrogens is 294 g/mol. The number of ether oxygens (including phenoxy) is 1. The van der Waals surface area contributed by atoms with Gasteiger partial charge in [-0.15, -0.1) is 0 Å². The molecule has 0 atom stereocenters. The van der Waals surface area contributed by atoms with Gasteiger partial charge in [-0.05, 0) is 38.6 Å². The zero-order valence-corrected chi connectivity index (χ0v) is 14.2. The molecule has 0 saturated carbocycles. The van der Waals surface area contributed by atoms with E-state index in [0.717, 1.165) is 64.7 Å². The third-order valence-electron chi connectivity index (χ3n) is 4.96. The van der Waals surface area contributed by atoms with Crippen molar-refractivity contribution in [1.29, 1.82) is 0 Å². The minimum atomic E-state index is -0.00488. The first-order valence-corrected chi connectivity index (χ1v) is 8.67. The van der Waals surface area contributed by atoms with Crippen molar-refractivity contribution >= 4 is 5.91 Å². The zero-order chi connectivity index (χ0) is 16.2. The van der Waals surface area contributed by atoms with Crippen LogP contribution in [0.15, 0.2) is 4.42 Å². The molecule has 2 fully saturated rings. The summed E-state index contributed by atoms with van der Waals surface area (Å²) in [6.45, 7) is 10.3. The predicted molar refractivity (Wildman–Crippen MR) is 86.5 cm³/mol. The normalized spacial score (nSPS) is 20.9. The highest BCUT2D eigenvalue weighted by atomic mass is 16.5. The van der Waals surface area contributed by atoms with Gasteiger partial charge in [0.1, 0.15) is 0 Å². The molecular formula is C17H27N3O3. The minimum Gasteiger partial charge on any atom is -0.436 e. The third-order valence-corrected chi connectivity index (χ3v) is 4.96. The SMILES string of the molecule is Cc1nc(C)c(C(=O)N2CCC(CCN3CCOCC3)CC2)o1. The molecule has 0 bridgehead atoms. The second kappa shape index (κ2) is 7.45. The molecule has 128 valence electrons. The van der Waals surface area contributed by atoms with E-state index in [9.17, 15) is 4.79 Å². The molecule has 6 nitrogen and oxygen atoms in total. The van der Waals surface area contributed by atoms with Crippen LogP contribution in [0, 0.1) is 19.8 Å². The summed E-state index contributed by atoms with van der Waals surface area (Å²) in [6.07, 6.45) is 3.40. The molecule has 1 amide bonds. The van der Waals surface area contributed by atoms with E-state index < -0.39 is 0 Å². The van der Waals surface area contributed by atoms with Crippen molar-refractivity contribution < 1.29 is 13.9 Å². The summed E-state index contributed by atoms with van der Waals surface area (Å²) >= 11 is 0. The molecule has 23 heavy (non-hydrogen) atoms. The van der Waals surface area contributed by atoms with Gasteiger partial charge in [-0.25, -0.2) is 4.98 Å². The highest BCUT2D eigenvalue weighted by Crippen LogP contribution is 2.23. The molecule has 0 N–H and O–H groups in total. The quantitative estimate of drug-likeness (QED) is 0.847. The summed E-state index contributed by atoms with van der Waals surface area (Å²) in [5.41, 5.74) is 0.696. The van der Waals surface area contributed by atoms with Gasteiger partial charge in [0.15, 0.2) is 5.89 Å². The number of hydrogen-bond donors (Lipinski definition) is 0. The zero-order valence-electron chi connectivity index (χ0n) is 14.2. The minimum absolute atomic E-state index is 0.00488. The maximum atomic E-state index is 12.5. The second-order valence-electron chi connectivity index (χ2n) is 6.63. The average Bonchev–Trinajstić information content (AvgIpc) is 2.92. The number of nitrogens with zero attached hydrogens (tertiary/aromatic N) is 3. The number of rotatable bonds is 4. The van der Waals surface area contributed by atoms with Crippen LogP contribution in [0.4, 0.5) is 0 Å². The highest BCUT2D eigenvalue weighted by molar-refractivity contribution is 5.92. The van der Waals surface area contributed by atoms with Gasteiger partial charge in [0.25, 0.3) is 5.91 Å². The number of aryl methyl sites for hydroxylation is 2. The number of oxazole rings is 1. The molecule has 1 aromatic rings. The summed E-state index contributed by atoms with van der Waals surface area (Å²) in [4.78, 5) is 21.1. The van der Waals surface area contributed by atoms with Gasteiger partial charge in [0.05, 0.1) is 18.9 Å². The van der Waals surface area contributed by atoms with Gasteiger partial charge in [-0.1, -0.05) is 0 Å². The molecule has 1 aromatic heterocycles. The highest BCUT2D eigenvalue weighted by Gasteiger charge is 2.27. The van der Waals surface area contributed by atoms with Crippen LogP contribution in [0.25, 0.3) is 0 Å². The monoisotopic (exact) mass is 321 g/mol. The largest absolute Gasteiger partial charge is 0.436 e. The van der Waals surface area contributed by atoms with Crippen LogP contribution in [0.5, 0.6) is 0 Å². The van der Waals surface area contributed by atoms with Crippen molar-refractivity contribution in [3.63, 3.8) is 0 Å². The van der Waals surface area contributed by atoms with Gasteiger partial charge in [-0.2, -0.15) is 0 Å². The van der Waals surface area contributed by atoms with Crippen molar-refractivity contribution in [2.45, 2.75) is 33.1 Å². The smallest absolute Gasteiger partial charge is 0.291 e. The van der Waals surface area contributed by atoms with E-state index in [0.29, 0.717) is 17.3 Å². The van der Waals surface area contributed by atoms with Gasteiger partial charge in [0, 0.05) is 33.1 Å². The first kappa shape index (κ1) is 16.5. The number of amides is 1. The topological polar surface area (TPSA) is 58.8 Å². The lowest BCUT2D eigenvalue weighted by molar-refractivity contribution is 0.0330. The standard InChI is InChI=1S/C17H27N3O3/c1-13-16(23-14(2)18-13)17(21)20-7-4-15(5-8-20)3-6-19-9-11-22-12-10-19/h15H,3-12H2,1-2H3. The molecule has 0 radical (unpaired) electrons. The lowest BCUT2D eigenvalue weighted by atomic mass is 9.93. The molecule has 2 aliphatic rings. The lowest BCUT2D eigenvalue weighted by Crippen LogP contribution is -2.40. The van der Waals surface area contributed by atoms with E-state index in [1.807, 2.05) is 11.8 Å². The lowest BCUT2D eigenvalue weighted by Gasteiger charge is -2.33. The van der Waals surface area contributed by atoms with Crippen LogP contribution in [0.3, 0.4) is 0 Å². The number of hydrogen-bond acceptors (Lipinski definition) is 5. The van der Waals surface area contributed by atoms with Crippen molar-refractivity contribution in [1.82, 2.24) is 14.8 Å². The fourth-order valence-corrected chi connectivity index (χ4v) is 3.49. The Hall–Kier alpha value is -1.40. The summed E-state index contributed by atoms with van der Waals surface area (Å²) in [7, 11) is 0. The summed E-state index contributed by atoms with van der Waals surface area (Å²) in [5, 5.41) is 0. The van der Waals surface area contributed by atoms with E-state index in [1.165, 1.54) is 6.42 Å². The van der Waals surface area contributed by atoms with Gasteiger partial charge >= 0.3 is 0 Å². The van der Waals surface area contributed by atoms with Crippen LogP contribution in [-0.2, 0) is 4.74 Å². The third kappa shape index (κ3) is 4.12. The van der Waals surface area contributed by atoms with Crippen LogP contribution in [0.2, 0.25) is 0 Å². The number of likely N-dealkylation sites (tertiary alicyclic amines) is 1. The van der Waals surface area contributed by atoms with E-state index in [2.05, 4.69) is 9.88 Å². The van der Waals surface area contributed by atoms with Crippen LogP contribution >= 0.6 is 0 Å². The molecule has 0 aliphatic carbocycles. The van der Waals surface area contributed by atoms with Crippen LogP contribution in [0.1, 0.15) is 41.4 Å². The van der Waals surface area contributed by atoms with Gasteiger partial charge < -0.3 is 14.1 Å². The number of aromatic nitrogens is 1. The van der Waals surface area contributed by atoms with E-state index in [-0.39, 0.29) is 5.91 Å². The van der Waals surface area contributed by atoms with E-state index in [1.54, 1.807) is 6.92 Å². The maximum Gasteiger partial charge on any atom is 0.291 e. The van der Waals surface area contributed by atoms with E-state index >= 15 is 0 Å². The molecule has 2 saturated heterocycles. The second-order valence-corrected chi connectivity index (χ2v) is 6.63. The first-order valence-electron chi connectivity index (χ1n) is 8.67. The number of carbonyl (C=O) groups excluding carboxylic acids is 1. The Balaban J connectivity index is 1.44. The Morgan fingerprint density at radius 3 is 2.48 bits per heavy atom. The number of carbonyl (C=O) groups is 1. The van der Waals surface area contributed by atoms with Crippen molar-refractivity contribution in [3.8, 4) is 0 Å². The van der Waals surface area contributed by atoms with Crippen molar-refractivity contribution in [2.75, 3.05) is 45.9 Å². The summed E-state index contributed by atoms with van der Waals surface area (Å²) < 4.78 is 10.8. The van der Waals surface area contributed by atoms with Crippen LogP contribution < -0.4 is 0 Å². The number of piperidine rings is 1. The van der Waals surface area contributed by atoms with E-state index in [4.69, 9.17) is 9.15 Å². The first-order chi connectivity index (χ1) is 11.1.